The Morgan fingerprint density at radius 3 is 2.62 bits per heavy atom. The van der Waals surface area contributed by atoms with Gasteiger partial charge in [-0.1, -0.05) is 25.0 Å². The summed E-state index contributed by atoms with van der Waals surface area (Å²) in [5.74, 6) is 3.15. The Labute approximate surface area is 153 Å². The lowest BCUT2D eigenvalue weighted by molar-refractivity contribution is 0.726. The van der Waals surface area contributed by atoms with E-state index >= 15 is 0 Å². The van der Waals surface area contributed by atoms with Crippen molar-refractivity contribution >= 4 is 28.5 Å². The average molecular weight is 348 g/mol. The fourth-order valence-electron chi connectivity index (χ4n) is 3.70. The van der Waals surface area contributed by atoms with Crippen LogP contribution in [0.2, 0.25) is 0 Å². The van der Waals surface area contributed by atoms with E-state index < -0.39 is 0 Å². The molecule has 5 rings (SSSR count). The van der Waals surface area contributed by atoms with E-state index in [1.165, 1.54) is 44.2 Å². The maximum absolute atomic E-state index is 4.88. The second kappa shape index (κ2) is 6.59. The minimum absolute atomic E-state index is 0.660. The molecule has 0 atom stereocenters. The predicted octanol–water partition coefficient (Wildman–Crippen LogP) is 4.35. The monoisotopic (exact) mass is 348 g/mol. The summed E-state index contributed by atoms with van der Waals surface area (Å²) in [6.45, 7) is 2.07. The van der Waals surface area contributed by atoms with Gasteiger partial charge in [-0.2, -0.15) is 10.1 Å². The van der Waals surface area contributed by atoms with Crippen molar-refractivity contribution in [2.75, 3.05) is 23.3 Å². The second-order valence-electron chi connectivity index (χ2n) is 7.40. The topological polar surface area (TPSA) is 69.7 Å². The molecule has 3 aromatic rings. The molecule has 1 saturated heterocycles. The fourth-order valence-corrected chi connectivity index (χ4v) is 3.70. The number of H-pyrrole nitrogens is 1. The van der Waals surface area contributed by atoms with Crippen molar-refractivity contribution in [3.63, 3.8) is 0 Å². The van der Waals surface area contributed by atoms with Gasteiger partial charge >= 0.3 is 0 Å². The molecule has 1 aromatic carbocycles. The molecule has 26 heavy (non-hydrogen) atoms. The Balaban J connectivity index is 1.51. The van der Waals surface area contributed by atoms with E-state index in [0.717, 1.165) is 41.6 Å². The van der Waals surface area contributed by atoms with E-state index in [1.807, 2.05) is 12.1 Å². The highest BCUT2D eigenvalue weighted by Gasteiger charge is 2.25. The second-order valence-corrected chi connectivity index (χ2v) is 7.40. The predicted molar refractivity (Wildman–Crippen MR) is 104 cm³/mol. The number of para-hydroxylation sites is 1. The van der Waals surface area contributed by atoms with Gasteiger partial charge in [0, 0.05) is 36.2 Å². The van der Waals surface area contributed by atoms with Crippen LogP contribution in [0, 0.1) is 0 Å². The minimum atomic E-state index is 0.660. The van der Waals surface area contributed by atoms with E-state index in [2.05, 4.69) is 38.6 Å². The first kappa shape index (κ1) is 15.6. The number of rotatable bonds is 4. The first-order valence-electron chi connectivity index (χ1n) is 9.71. The van der Waals surface area contributed by atoms with Gasteiger partial charge in [-0.05, 0) is 37.8 Å². The Bertz CT molecular complexity index is 906. The van der Waals surface area contributed by atoms with Crippen molar-refractivity contribution in [2.45, 2.75) is 44.4 Å². The lowest BCUT2D eigenvalue weighted by Gasteiger charge is -2.21. The Morgan fingerprint density at radius 1 is 1.00 bits per heavy atom. The molecule has 1 aliphatic heterocycles. The van der Waals surface area contributed by atoms with Gasteiger partial charge in [0.25, 0.3) is 0 Å². The zero-order valence-corrected chi connectivity index (χ0v) is 14.9. The van der Waals surface area contributed by atoms with Crippen LogP contribution in [0.5, 0.6) is 0 Å². The zero-order valence-electron chi connectivity index (χ0n) is 14.9. The van der Waals surface area contributed by atoms with Gasteiger partial charge in [-0.25, -0.2) is 4.98 Å². The summed E-state index contributed by atoms with van der Waals surface area (Å²) in [6.07, 6.45) is 7.54. The van der Waals surface area contributed by atoms with Crippen LogP contribution in [0.3, 0.4) is 0 Å². The molecule has 6 heteroatoms. The van der Waals surface area contributed by atoms with E-state index in [0.29, 0.717) is 5.92 Å². The van der Waals surface area contributed by atoms with Crippen LogP contribution in [0.15, 0.2) is 30.3 Å². The van der Waals surface area contributed by atoms with Crippen LogP contribution < -0.4 is 10.2 Å². The SMILES string of the molecule is c1ccc2c(Nc3cc(C4CC4)[nH]n3)nc(N3CCCCCC3)nc2c1. The van der Waals surface area contributed by atoms with E-state index in [-0.39, 0.29) is 0 Å². The maximum Gasteiger partial charge on any atom is 0.227 e. The summed E-state index contributed by atoms with van der Waals surface area (Å²) in [7, 11) is 0. The number of anilines is 3. The molecule has 2 aliphatic rings. The molecule has 0 amide bonds. The van der Waals surface area contributed by atoms with E-state index in [4.69, 9.17) is 9.97 Å². The number of hydrogen-bond donors (Lipinski definition) is 2. The van der Waals surface area contributed by atoms with Crippen molar-refractivity contribution in [3.8, 4) is 0 Å². The van der Waals surface area contributed by atoms with Crippen molar-refractivity contribution in [2.24, 2.45) is 0 Å². The molecule has 6 nitrogen and oxygen atoms in total. The summed E-state index contributed by atoms with van der Waals surface area (Å²) in [6, 6.07) is 10.3. The highest BCUT2D eigenvalue weighted by Crippen LogP contribution is 2.39. The molecular weight excluding hydrogens is 324 g/mol. The summed E-state index contributed by atoms with van der Waals surface area (Å²) in [5, 5.41) is 12.0. The minimum Gasteiger partial charge on any atom is -0.341 e. The van der Waals surface area contributed by atoms with Crippen LogP contribution in [0.4, 0.5) is 17.6 Å². The van der Waals surface area contributed by atoms with Crippen molar-refractivity contribution < 1.29 is 0 Å². The van der Waals surface area contributed by atoms with Crippen molar-refractivity contribution in [3.05, 3.63) is 36.0 Å². The first-order valence-corrected chi connectivity index (χ1v) is 9.71. The smallest absolute Gasteiger partial charge is 0.227 e. The van der Waals surface area contributed by atoms with Gasteiger partial charge in [-0.15, -0.1) is 0 Å². The fraction of sp³-hybridized carbons (Fsp3) is 0.450. The standard InChI is InChI=1S/C20H24N6/c1-2-6-12-26(11-5-1)20-21-16-8-4-3-7-15(16)19(23-20)22-18-13-17(24-25-18)14-9-10-14/h3-4,7-8,13-14H,1-2,5-6,9-12H2,(H2,21,22,23,24,25). The van der Waals surface area contributed by atoms with Gasteiger partial charge in [0.05, 0.1) is 5.52 Å². The molecule has 0 spiro atoms. The van der Waals surface area contributed by atoms with E-state index in [9.17, 15) is 0 Å². The summed E-state index contributed by atoms with van der Waals surface area (Å²) in [4.78, 5) is 12.0. The maximum atomic E-state index is 4.88. The first-order chi connectivity index (χ1) is 12.9. The van der Waals surface area contributed by atoms with Crippen LogP contribution in [-0.2, 0) is 0 Å². The van der Waals surface area contributed by atoms with Gasteiger partial charge in [-0.3, -0.25) is 5.10 Å². The molecule has 2 aromatic heterocycles. The van der Waals surface area contributed by atoms with Gasteiger partial charge in [0.2, 0.25) is 5.95 Å². The molecule has 2 fully saturated rings. The zero-order chi connectivity index (χ0) is 17.3. The molecule has 0 radical (unpaired) electrons. The van der Waals surface area contributed by atoms with Gasteiger partial charge in [0.1, 0.15) is 5.82 Å². The summed E-state index contributed by atoms with van der Waals surface area (Å²) < 4.78 is 0. The van der Waals surface area contributed by atoms with Crippen molar-refractivity contribution in [1.82, 2.24) is 20.2 Å². The highest BCUT2D eigenvalue weighted by atomic mass is 15.3. The third-order valence-electron chi connectivity index (χ3n) is 5.34. The number of nitrogens with one attached hydrogen (secondary N) is 2. The number of nitrogens with zero attached hydrogens (tertiary/aromatic N) is 4. The van der Waals surface area contributed by atoms with Crippen LogP contribution >= 0.6 is 0 Å². The molecule has 2 N–H and O–H groups in total. The van der Waals surface area contributed by atoms with E-state index in [1.54, 1.807) is 0 Å². The summed E-state index contributed by atoms with van der Waals surface area (Å²) in [5.41, 5.74) is 2.20. The number of hydrogen-bond acceptors (Lipinski definition) is 5. The Hall–Kier alpha value is -2.63. The number of aromatic amines is 1. The third-order valence-corrected chi connectivity index (χ3v) is 5.34. The molecular formula is C20H24N6. The van der Waals surface area contributed by atoms with Crippen LogP contribution in [0.25, 0.3) is 10.9 Å². The van der Waals surface area contributed by atoms with Crippen LogP contribution in [-0.4, -0.2) is 33.3 Å². The quantitative estimate of drug-likeness (QED) is 0.733. The summed E-state index contributed by atoms with van der Waals surface area (Å²) >= 11 is 0. The molecule has 3 heterocycles. The number of benzene rings is 1. The van der Waals surface area contributed by atoms with Gasteiger partial charge in [0.15, 0.2) is 5.82 Å². The Kier molecular flexibility index (Phi) is 3.96. The molecule has 134 valence electrons. The molecule has 1 saturated carbocycles. The third kappa shape index (κ3) is 3.11. The molecule has 0 bridgehead atoms. The average Bonchev–Trinajstić information content (AvgIpc) is 3.46. The van der Waals surface area contributed by atoms with Gasteiger partial charge < -0.3 is 10.2 Å². The number of fused-ring (bicyclic) bond motifs is 1. The normalized spacial score (nSPS) is 18.1. The molecule has 1 aliphatic carbocycles. The largest absolute Gasteiger partial charge is 0.341 e. The van der Waals surface area contributed by atoms with Crippen molar-refractivity contribution in [1.29, 1.82) is 0 Å². The lowest BCUT2D eigenvalue weighted by Crippen LogP contribution is -2.26. The lowest BCUT2D eigenvalue weighted by atomic mass is 10.2. The highest BCUT2D eigenvalue weighted by molar-refractivity contribution is 5.91. The van der Waals surface area contributed by atoms with Crippen LogP contribution in [0.1, 0.15) is 50.1 Å². The molecule has 0 unspecified atom stereocenters. The number of aromatic nitrogens is 4. The Morgan fingerprint density at radius 2 is 1.81 bits per heavy atom.